The molecule has 0 amide bonds. The maximum absolute atomic E-state index is 3.36. The molecule has 0 unspecified atom stereocenters. The summed E-state index contributed by atoms with van der Waals surface area (Å²) in [5.74, 6) is 0. The number of allylic oxidation sites excluding steroid dienone is 4. The molecule has 11 aromatic rings. The van der Waals surface area contributed by atoms with Crippen molar-refractivity contribution in [2.75, 3.05) is 4.90 Å². The van der Waals surface area contributed by atoms with Gasteiger partial charge in [-0.3, -0.25) is 0 Å². The van der Waals surface area contributed by atoms with Crippen molar-refractivity contribution in [2.45, 2.75) is 75.2 Å². The van der Waals surface area contributed by atoms with Gasteiger partial charge >= 0.3 is 0 Å². The van der Waals surface area contributed by atoms with Crippen LogP contribution in [0, 0.1) is 20.8 Å². The highest BCUT2D eigenvalue weighted by Crippen LogP contribution is 2.43. The Morgan fingerprint density at radius 2 is 0.890 bits per heavy atom. The smallest absolute Gasteiger partial charge is 0.0540 e. The third kappa shape index (κ3) is 13.4. The summed E-state index contributed by atoms with van der Waals surface area (Å²) in [5.41, 5.74) is 12.6. The lowest BCUT2D eigenvalue weighted by Crippen LogP contribution is -2.10. The number of nitrogens with zero attached hydrogens (tertiary/aromatic N) is 1. The summed E-state index contributed by atoms with van der Waals surface area (Å²) in [6.45, 7) is 25.8. The Hall–Kier alpha value is -7.78. The molecule has 0 spiro atoms. The molecule has 0 N–H and O–H groups in total. The van der Waals surface area contributed by atoms with Crippen LogP contribution in [-0.4, -0.2) is 0 Å². The molecule has 0 saturated carbocycles. The van der Waals surface area contributed by atoms with E-state index in [2.05, 4.69) is 273 Å². The number of aryl methyl sites for hydroxylation is 3. The van der Waals surface area contributed by atoms with Gasteiger partial charge in [0.05, 0.1) is 5.69 Å². The van der Waals surface area contributed by atoms with Crippen molar-refractivity contribution in [2.24, 2.45) is 0 Å². The van der Waals surface area contributed by atoms with Gasteiger partial charge in [-0.25, -0.2) is 0 Å². The molecule has 0 radical (unpaired) electrons. The SMILES string of the molecule is C/C=C\C.C=CC=C.CCC.CCC.Cc1ccc(-c2ccc(N(c3ccc4sc5ccccc5c4c3)c3cccc4ccccc34)cc2)cc1.Cc1ccccc1-c1c(C)c2ccccc2c2ccccc12. The van der Waals surface area contributed by atoms with Crippen LogP contribution in [0.25, 0.3) is 74.7 Å². The molecule has 0 aliphatic rings. The first-order chi connectivity index (χ1) is 35.7. The molecular formula is C71H73NS. The fourth-order valence-corrected chi connectivity index (χ4v) is 9.84. The number of hydrogen-bond acceptors (Lipinski definition) is 2. The highest BCUT2D eigenvalue weighted by molar-refractivity contribution is 7.25. The molecule has 0 saturated heterocycles. The van der Waals surface area contributed by atoms with E-state index in [1.165, 1.54) is 110 Å². The van der Waals surface area contributed by atoms with Crippen molar-refractivity contribution in [1.29, 1.82) is 0 Å². The van der Waals surface area contributed by atoms with Crippen molar-refractivity contribution in [1.82, 2.24) is 0 Å². The molecule has 1 aromatic heterocycles. The first-order valence-electron chi connectivity index (χ1n) is 25.8. The Morgan fingerprint density at radius 3 is 1.49 bits per heavy atom. The van der Waals surface area contributed by atoms with Gasteiger partial charge in [0.2, 0.25) is 0 Å². The Kier molecular flexibility index (Phi) is 20.7. The van der Waals surface area contributed by atoms with Gasteiger partial charge in [-0.1, -0.05) is 247 Å². The molecule has 0 aliphatic carbocycles. The Labute approximate surface area is 441 Å². The molecule has 1 nitrogen and oxygen atoms in total. The average molecular weight is 972 g/mol. The molecule has 10 aromatic carbocycles. The summed E-state index contributed by atoms with van der Waals surface area (Å²) in [6.07, 6.45) is 9.78. The van der Waals surface area contributed by atoms with Crippen molar-refractivity contribution in [3.8, 4) is 22.3 Å². The molecule has 0 fully saturated rings. The molecule has 2 heteroatoms. The fourth-order valence-electron chi connectivity index (χ4n) is 8.75. The van der Waals surface area contributed by atoms with Gasteiger partial charge in [-0.15, -0.1) is 11.3 Å². The standard InChI is InChI=1S/C35H25NS.C22H18.C4H8.C4H6.2C3H8/c1-24-13-15-25(16-14-24)26-17-19-28(20-18-26)36(33-11-6-8-27-7-2-3-9-30(27)33)29-21-22-35-32(23-29)31-10-4-5-12-34(31)37-35;1-15-9-3-4-10-17(15)22-16(2)18-11-5-6-12-19(18)20-13-7-8-14-21(20)22;2*1-3-4-2;2*1-3-2/h2-23H,1H3;3-14H,1-2H3;3-4H,1-2H3;3-4H,1-2H2;2*3H2,1-2H3/b;;4-3-;;;. The van der Waals surface area contributed by atoms with E-state index < -0.39 is 0 Å². The van der Waals surface area contributed by atoms with E-state index in [0.29, 0.717) is 0 Å². The zero-order valence-corrected chi connectivity index (χ0v) is 45.4. The predicted octanol–water partition coefficient (Wildman–Crippen LogP) is 22.7. The second-order valence-electron chi connectivity index (χ2n) is 18.0. The lowest BCUT2D eigenvalue weighted by atomic mass is 9.87. The van der Waals surface area contributed by atoms with Crippen LogP contribution in [0.5, 0.6) is 0 Å². The van der Waals surface area contributed by atoms with Crippen LogP contribution in [0.2, 0.25) is 0 Å². The predicted molar refractivity (Wildman–Crippen MR) is 331 cm³/mol. The molecule has 0 atom stereocenters. The van der Waals surface area contributed by atoms with E-state index in [-0.39, 0.29) is 0 Å². The molecule has 0 bridgehead atoms. The number of thiophene rings is 1. The van der Waals surface area contributed by atoms with Crippen LogP contribution in [0.4, 0.5) is 17.1 Å². The van der Waals surface area contributed by atoms with E-state index >= 15 is 0 Å². The minimum Gasteiger partial charge on any atom is -0.310 e. The number of hydrogen-bond donors (Lipinski definition) is 0. The van der Waals surface area contributed by atoms with Crippen LogP contribution in [0.15, 0.2) is 244 Å². The van der Waals surface area contributed by atoms with Gasteiger partial charge in [0.15, 0.2) is 0 Å². The van der Waals surface area contributed by atoms with Gasteiger partial charge in [0, 0.05) is 36.9 Å². The zero-order valence-electron chi connectivity index (χ0n) is 44.6. The Balaban J connectivity index is 0.000000204. The quantitative estimate of drug-likeness (QED) is 0.0912. The van der Waals surface area contributed by atoms with Crippen LogP contribution < -0.4 is 4.90 Å². The monoisotopic (exact) mass is 972 g/mol. The summed E-state index contributed by atoms with van der Waals surface area (Å²) in [4.78, 5) is 2.40. The fraction of sp³-hybridized carbons (Fsp3) is 0.155. The summed E-state index contributed by atoms with van der Waals surface area (Å²) in [7, 11) is 0. The molecule has 0 aliphatic heterocycles. The molecule has 1 heterocycles. The molecule has 11 rings (SSSR count). The molecular weight excluding hydrogens is 899 g/mol. The van der Waals surface area contributed by atoms with E-state index in [0.717, 1.165) is 11.4 Å². The van der Waals surface area contributed by atoms with Crippen LogP contribution >= 0.6 is 11.3 Å². The van der Waals surface area contributed by atoms with E-state index in [1.807, 2.05) is 37.3 Å². The maximum Gasteiger partial charge on any atom is 0.0540 e. The minimum absolute atomic E-state index is 1.14. The van der Waals surface area contributed by atoms with Crippen molar-refractivity contribution >= 4 is 80.9 Å². The third-order valence-corrected chi connectivity index (χ3v) is 13.4. The molecule has 368 valence electrons. The lowest BCUT2D eigenvalue weighted by molar-refractivity contribution is 1.09. The summed E-state index contributed by atoms with van der Waals surface area (Å²) in [6, 6.07) is 74.6. The first kappa shape index (κ1) is 54.6. The molecule has 73 heavy (non-hydrogen) atoms. The normalized spacial score (nSPS) is 10.4. The minimum atomic E-state index is 1.14. The van der Waals surface area contributed by atoms with Crippen LogP contribution in [0.1, 0.15) is 71.1 Å². The summed E-state index contributed by atoms with van der Waals surface area (Å²) in [5, 5.41) is 10.5. The number of anilines is 3. The van der Waals surface area contributed by atoms with Gasteiger partial charge in [0.25, 0.3) is 0 Å². The lowest BCUT2D eigenvalue weighted by Gasteiger charge is -2.27. The Morgan fingerprint density at radius 1 is 0.425 bits per heavy atom. The van der Waals surface area contributed by atoms with Crippen LogP contribution in [0.3, 0.4) is 0 Å². The van der Waals surface area contributed by atoms with Gasteiger partial charge < -0.3 is 4.90 Å². The summed E-state index contributed by atoms with van der Waals surface area (Å²) >= 11 is 1.86. The topological polar surface area (TPSA) is 3.24 Å². The number of rotatable bonds is 6. The van der Waals surface area contributed by atoms with Crippen LogP contribution in [-0.2, 0) is 0 Å². The highest BCUT2D eigenvalue weighted by Gasteiger charge is 2.18. The van der Waals surface area contributed by atoms with Gasteiger partial charge in [0.1, 0.15) is 0 Å². The first-order valence-corrected chi connectivity index (χ1v) is 26.6. The average Bonchev–Trinajstić information content (AvgIpc) is 3.81. The number of fused-ring (bicyclic) bond motifs is 7. The summed E-state index contributed by atoms with van der Waals surface area (Å²) < 4.78 is 2.64. The van der Waals surface area contributed by atoms with Crippen molar-refractivity contribution in [3.05, 3.63) is 260 Å². The van der Waals surface area contributed by atoms with E-state index in [4.69, 9.17) is 0 Å². The van der Waals surface area contributed by atoms with Gasteiger partial charge in [-0.2, -0.15) is 0 Å². The Bertz CT molecular complexity index is 3520. The van der Waals surface area contributed by atoms with Gasteiger partial charge in [-0.05, 0) is 137 Å². The van der Waals surface area contributed by atoms with Crippen molar-refractivity contribution in [3.63, 3.8) is 0 Å². The third-order valence-electron chi connectivity index (χ3n) is 12.2. The largest absolute Gasteiger partial charge is 0.310 e. The van der Waals surface area contributed by atoms with Crippen molar-refractivity contribution < 1.29 is 0 Å². The highest BCUT2D eigenvalue weighted by atomic mass is 32.1. The number of benzene rings is 10. The zero-order chi connectivity index (χ0) is 52.1. The second-order valence-corrected chi connectivity index (χ2v) is 19.1. The van der Waals surface area contributed by atoms with E-state index in [1.54, 1.807) is 12.2 Å². The second kappa shape index (κ2) is 27.7. The maximum atomic E-state index is 3.36. The van der Waals surface area contributed by atoms with E-state index in [9.17, 15) is 0 Å².